The van der Waals surface area contributed by atoms with E-state index in [1.807, 2.05) is 20.8 Å². The molecule has 118 valence electrons. The molecule has 0 saturated heterocycles. The molecule has 0 spiro atoms. The monoisotopic (exact) mass is 313 g/mol. The van der Waals surface area contributed by atoms with Crippen LogP contribution in [-0.2, 0) is 10.2 Å². The van der Waals surface area contributed by atoms with Crippen LogP contribution in [0.4, 0.5) is 5.69 Å². The molecule has 0 radical (unpaired) electrons. The SMILES string of the molecule is CCCNS(=O)(=O)NC1CC(C)(C)Oc2ccc(N)cc21. The summed E-state index contributed by atoms with van der Waals surface area (Å²) < 4.78 is 35.2. The van der Waals surface area contributed by atoms with Crippen LogP contribution in [0, 0.1) is 0 Å². The molecular weight excluding hydrogens is 290 g/mol. The van der Waals surface area contributed by atoms with Crippen LogP contribution in [0.25, 0.3) is 0 Å². The zero-order chi connectivity index (χ0) is 15.7. The van der Waals surface area contributed by atoms with Crippen LogP contribution in [0.1, 0.15) is 45.2 Å². The van der Waals surface area contributed by atoms with Gasteiger partial charge >= 0.3 is 0 Å². The van der Waals surface area contributed by atoms with Gasteiger partial charge in [0.1, 0.15) is 11.4 Å². The van der Waals surface area contributed by atoms with Crippen molar-refractivity contribution in [2.75, 3.05) is 12.3 Å². The molecule has 0 fully saturated rings. The van der Waals surface area contributed by atoms with Crippen molar-refractivity contribution >= 4 is 15.9 Å². The van der Waals surface area contributed by atoms with E-state index in [1.165, 1.54) is 0 Å². The summed E-state index contributed by atoms with van der Waals surface area (Å²) >= 11 is 0. The van der Waals surface area contributed by atoms with Gasteiger partial charge in [-0.05, 0) is 38.5 Å². The summed E-state index contributed by atoms with van der Waals surface area (Å²) in [7, 11) is -3.55. The van der Waals surface area contributed by atoms with Crippen molar-refractivity contribution in [3.63, 3.8) is 0 Å². The van der Waals surface area contributed by atoms with Gasteiger partial charge in [-0.3, -0.25) is 0 Å². The maximum atomic E-state index is 12.1. The number of nitrogens with two attached hydrogens (primary N) is 1. The first-order chi connectivity index (χ1) is 9.72. The van der Waals surface area contributed by atoms with E-state index in [9.17, 15) is 8.42 Å². The van der Waals surface area contributed by atoms with Gasteiger partial charge < -0.3 is 10.5 Å². The van der Waals surface area contributed by atoms with Crippen LogP contribution in [0.3, 0.4) is 0 Å². The second-order valence-electron chi connectivity index (χ2n) is 5.93. The highest BCUT2D eigenvalue weighted by atomic mass is 32.2. The van der Waals surface area contributed by atoms with E-state index in [4.69, 9.17) is 10.5 Å². The lowest BCUT2D eigenvalue weighted by molar-refractivity contribution is 0.0702. The largest absolute Gasteiger partial charge is 0.487 e. The van der Waals surface area contributed by atoms with E-state index >= 15 is 0 Å². The van der Waals surface area contributed by atoms with Crippen LogP contribution in [0.5, 0.6) is 5.75 Å². The molecule has 1 aliphatic rings. The molecule has 21 heavy (non-hydrogen) atoms. The first-order valence-corrected chi connectivity index (χ1v) is 8.56. The zero-order valence-electron chi connectivity index (χ0n) is 12.6. The second kappa shape index (κ2) is 5.82. The molecule has 0 bridgehead atoms. The molecule has 0 aromatic heterocycles. The molecule has 7 heteroatoms. The van der Waals surface area contributed by atoms with Gasteiger partial charge in [0.15, 0.2) is 0 Å². The van der Waals surface area contributed by atoms with E-state index in [0.29, 0.717) is 24.4 Å². The quantitative estimate of drug-likeness (QED) is 0.721. The van der Waals surface area contributed by atoms with Crippen molar-refractivity contribution in [3.8, 4) is 5.75 Å². The maximum absolute atomic E-state index is 12.1. The molecule has 0 amide bonds. The van der Waals surface area contributed by atoms with Crippen molar-refractivity contribution in [3.05, 3.63) is 23.8 Å². The van der Waals surface area contributed by atoms with Gasteiger partial charge in [-0.1, -0.05) is 6.92 Å². The van der Waals surface area contributed by atoms with Crippen LogP contribution in [0.15, 0.2) is 18.2 Å². The number of hydrogen-bond donors (Lipinski definition) is 3. The van der Waals surface area contributed by atoms with Crippen LogP contribution in [-0.4, -0.2) is 20.6 Å². The smallest absolute Gasteiger partial charge is 0.277 e. The molecule has 1 aliphatic heterocycles. The van der Waals surface area contributed by atoms with Gasteiger partial charge in [0.2, 0.25) is 0 Å². The lowest BCUT2D eigenvalue weighted by Crippen LogP contribution is -2.45. The summed E-state index contributed by atoms with van der Waals surface area (Å²) in [6.07, 6.45) is 1.28. The number of anilines is 1. The fraction of sp³-hybridized carbons (Fsp3) is 0.571. The predicted octanol–water partition coefficient (Wildman–Crippen LogP) is 1.70. The lowest BCUT2D eigenvalue weighted by atomic mass is 9.90. The minimum absolute atomic E-state index is 0.360. The summed E-state index contributed by atoms with van der Waals surface area (Å²) in [5.41, 5.74) is 6.72. The topological polar surface area (TPSA) is 93.5 Å². The Balaban J connectivity index is 2.29. The van der Waals surface area contributed by atoms with Crippen LogP contribution < -0.4 is 19.9 Å². The molecule has 1 aromatic rings. The Kier molecular flexibility index (Phi) is 4.46. The van der Waals surface area contributed by atoms with E-state index in [-0.39, 0.29) is 6.04 Å². The van der Waals surface area contributed by atoms with E-state index < -0.39 is 15.8 Å². The molecule has 4 N–H and O–H groups in total. The first-order valence-electron chi connectivity index (χ1n) is 7.08. The average Bonchev–Trinajstić information content (AvgIpc) is 2.36. The van der Waals surface area contributed by atoms with Crippen molar-refractivity contribution in [2.45, 2.75) is 45.3 Å². The Hall–Kier alpha value is -1.31. The average molecular weight is 313 g/mol. The lowest BCUT2D eigenvalue weighted by Gasteiger charge is -2.37. The Bertz CT molecular complexity index is 614. The summed E-state index contributed by atoms with van der Waals surface area (Å²) in [5, 5.41) is 0. The number of fused-ring (bicyclic) bond motifs is 1. The highest BCUT2D eigenvalue weighted by Gasteiger charge is 2.35. The number of hydrogen-bond acceptors (Lipinski definition) is 4. The Morgan fingerprint density at radius 3 is 2.81 bits per heavy atom. The number of rotatable bonds is 5. The third-order valence-electron chi connectivity index (χ3n) is 3.33. The molecule has 1 unspecified atom stereocenters. The van der Waals surface area contributed by atoms with Gasteiger partial charge in [-0.25, -0.2) is 4.72 Å². The van der Waals surface area contributed by atoms with Crippen molar-refractivity contribution < 1.29 is 13.2 Å². The highest BCUT2D eigenvalue weighted by Crippen LogP contribution is 2.40. The first kappa shape index (κ1) is 16.1. The Morgan fingerprint density at radius 2 is 2.14 bits per heavy atom. The summed E-state index contributed by atoms with van der Waals surface area (Å²) in [6.45, 7) is 6.20. The minimum Gasteiger partial charge on any atom is -0.487 e. The molecule has 0 saturated carbocycles. The summed E-state index contributed by atoms with van der Waals surface area (Å²) in [5.74, 6) is 0.670. The van der Waals surface area contributed by atoms with Gasteiger partial charge in [0, 0.05) is 24.2 Å². The molecule has 6 nitrogen and oxygen atoms in total. The Labute approximate surface area is 126 Å². The molecule has 2 rings (SSSR count). The number of nitrogens with one attached hydrogen (secondary N) is 2. The fourth-order valence-electron chi connectivity index (χ4n) is 2.44. The molecular formula is C14H23N3O3S. The van der Waals surface area contributed by atoms with Crippen molar-refractivity contribution in [1.29, 1.82) is 0 Å². The zero-order valence-corrected chi connectivity index (χ0v) is 13.5. The highest BCUT2D eigenvalue weighted by molar-refractivity contribution is 7.87. The van der Waals surface area contributed by atoms with Gasteiger partial charge in [-0.2, -0.15) is 13.1 Å². The number of nitrogen functional groups attached to an aromatic ring is 1. The molecule has 1 atom stereocenters. The van der Waals surface area contributed by atoms with E-state index in [0.717, 1.165) is 12.0 Å². The van der Waals surface area contributed by atoms with E-state index in [2.05, 4.69) is 9.44 Å². The third-order valence-corrected chi connectivity index (χ3v) is 4.51. The second-order valence-corrected chi connectivity index (χ2v) is 7.46. The third kappa shape index (κ3) is 4.09. The number of ether oxygens (including phenoxy) is 1. The van der Waals surface area contributed by atoms with Crippen LogP contribution >= 0.6 is 0 Å². The van der Waals surface area contributed by atoms with Gasteiger partial charge in [-0.15, -0.1) is 0 Å². The molecule has 0 aliphatic carbocycles. The Morgan fingerprint density at radius 1 is 1.43 bits per heavy atom. The van der Waals surface area contributed by atoms with Crippen molar-refractivity contribution in [1.82, 2.24) is 9.44 Å². The maximum Gasteiger partial charge on any atom is 0.277 e. The predicted molar refractivity (Wildman–Crippen MR) is 83.3 cm³/mol. The fourth-order valence-corrected chi connectivity index (χ4v) is 3.58. The van der Waals surface area contributed by atoms with Crippen LogP contribution in [0.2, 0.25) is 0 Å². The molecule has 1 heterocycles. The normalized spacial score (nSPS) is 20.6. The van der Waals surface area contributed by atoms with Crippen molar-refractivity contribution in [2.24, 2.45) is 0 Å². The molecule has 1 aromatic carbocycles. The minimum atomic E-state index is -3.55. The number of benzene rings is 1. The van der Waals surface area contributed by atoms with E-state index in [1.54, 1.807) is 18.2 Å². The van der Waals surface area contributed by atoms with Gasteiger partial charge in [0.25, 0.3) is 10.2 Å². The van der Waals surface area contributed by atoms with Gasteiger partial charge in [0.05, 0.1) is 6.04 Å². The summed E-state index contributed by atoms with van der Waals surface area (Å²) in [6, 6.07) is 4.94. The standard InChI is InChI=1S/C14H23N3O3S/c1-4-7-16-21(18,19)17-12-9-14(2,3)20-13-6-5-10(15)8-11(12)13/h5-6,8,12,16-17H,4,7,9,15H2,1-3H3. The summed E-state index contributed by atoms with van der Waals surface area (Å²) in [4.78, 5) is 0.